The summed E-state index contributed by atoms with van der Waals surface area (Å²) in [5, 5.41) is 0. The third-order valence-electron chi connectivity index (χ3n) is 2.41. The number of rotatable bonds is 2. The molecule has 2 rings (SSSR count). The van der Waals surface area contributed by atoms with Gasteiger partial charge in [0.05, 0.1) is 0 Å². The summed E-state index contributed by atoms with van der Waals surface area (Å²) in [4.78, 5) is 2.34. The number of likely N-dealkylation sites (tertiary alicyclic amines) is 1. The highest BCUT2D eigenvalue weighted by Crippen LogP contribution is 2.12. The van der Waals surface area contributed by atoms with E-state index in [-0.39, 0.29) is 5.82 Å². The van der Waals surface area contributed by atoms with Gasteiger partial charge in [-0.25, -0.2) is 4.39 Å². The summed E-state index contributed by atoms with van der Waals surface area (Å²) in [6.45, 7) is 3.13. The van der Waals surface area contributed by atoms with Gasteiger partial charge in [-0.2, -0.15) is 0 Å². The van der Waals surface area contributed by atoms with Gasteiger partial charge in [0.1, 0.15) is 5.82 Å². The van der Waals surface area contributed by atoms with E-state index in [0.717, 1.165) is 25.2 Å². The number of benzene rings is 1. The van der Waals surface area contributed by atoms with Gasteiger partial charge in [0.25, 0.3) is 0 Å². The fourth-order valence-electron chi connectivity index (χ4n) is 1.76. The molecule has 1 aromatic rings. The lowest BCUT2D eigenvalue weighted by Crippen LogP contribution is -2.18. The first-order chi connectivity index (χ1) is 6.34. The summed E-state index contributed by atoms with van der Waals surface area (Å²) in [5.74, 6) is -0.253. The van der Waals surface area contributed by atoms with Gasteiger partial charge in [0.15, 0.2) is 0 Å². The number of hydrogen-bond acceptors (Lipinski definition) is 1. The molecule has 1 nitrogen and oxygen atoms in total. The summed E-state index contributed by atoms with van der Waals surface area (Å²) in [6.07, 6.45) is 2.55. The Hall–Kier alpha value is -0.890. The molecule has 0 aromatic heterocycles. The van der Waals surface area contributed by atoms with Crippen molar-refractivity contribution in [2.75, 3.05) is 13.1 Å². The highest BCUT2D eigenvalue weighted by molar-refractivity contribution is 5.14. The normalized spacial score (nSPS) is 17.9. The molecular weight excluding hydrogens is 165 g/mol. The van der Waals surface area contributed by atoms with Gasteiger partial charge in [0, 0.05) is 12.6 Å². The molecule has 2 heteroatoms. The van der Waals surface area contributed by atoms with E-state index in [0.29, 0.717) is 0 Å². The van der Waals surface area contributed by atoms with Crippen LogP contribution < -0.4 is 0 Å². The van der Waals surface area contributed by atoms with Crippen LogP contribution in [0.2, 0.25) is 0 Å². The van der Waals surface area contributed by atoms with Gasteiger partial charge >= 0.3 is 0 Å². The Morgan fingerprint density at radius 2 is 2.08 bits per heavy atom. The molecule has 0 bridgehead atoms. The predicted molar refractivity (Wildman–Crippen MR) is 49.7 cm³/mol. The van der Waals surface area contributed by atoms with Crippen LogP contribution in [0.4, 0.5) is 4.39 Å². The van der Waals surface area contributed by atoms with E-state index in [1.807, 2.05) is 6.07 Å². The first-order valence-electron chi connectivity index (χ1n) is 4.74. The summed E-state index contributed by atoms with van der Waals surface area (Å²) in [6, 6.07) is 7.84. The van der Waals surface area contributed by atoms with Crippen LogP contribution in [0.25, 0.3) is 0 Å². The Bertz CT molecular complexity index is 279. The van der Waals surface area contributed by atoms with Crippen molar-refractivity contribution in [1.29, 1.82) is 0 Å². The first kappa shape index (κ1) is 8.70. The van der Waals surface area contributed by atoms with Crippen molar-refractivity contribution in [2.24, 2.45) is 0 Å². The Labute approximate surface area is 78.2 Å². The van der Waals surface area contributed by atoms with Crippen LogP contribution in [-0.4, -0.2) is 18.0 Å². The van der Waals surface area contributed by atoms with Crippen LogP contribution in [0.15, 0.2) is 18.2 Å². The molecular formula is C11H13FN. The molecule has 1 heterocycles. The van der Waals surface area contributed by atoms with E-state index < -0.39 is 0 Å². The zero-order valence-electron chi connectivity index (χ0n) is 7.59. The van der Waals surface area contributed by atoms with E-state index in [2.05, 4.69) is 11.0 Å². The number of hydrogen-bond donors (Lipinski definition) is 0. The zero-order valence-corrected chi connectivity index (χ0v) is 7.59. The number of nitrogens with zero attached hydrogens (tertiary/aromatic N) is 1. The fourth-order valence-corrected chi connectivity index (χ4v) is 1.76. The third-order valence-corrected chi connectivity index (χ3v) is 2.41. The Morgan fingerprint density at radius 1 is 1.31 bits per heavy atom. The molecule has 0 amide bonds. The second-order valence-electron chi connectivity index (χ2n) is 3.51. The van der Waals surface area contributed by atoms with Crippen molar-refractivity contribution in [3.05, 3.63) is 35.6 Å². The highest BCUT2D eigenvalue weighted by atomic mass is 19.1. The molecule has 0 spiro atoms. The maximum absolute atomic E-state index is 12.8. The van der Waals surface area contributed by atoms with Crippen molar-refractivity contribution >= 4 is 0 Å². The minimum atomic E-state index is -0.253. The lowest BCUT2D eigenvalue weighted by Gasteiger charge is -2.13. The van der Waals surface area contributed by atoms with Crippen LogP contribution in [0.3, 0.4) is 0 Å². The molecule has 1 aromatic carbocycles. The summed E-state index contributed by atoms with van der Waals surface area (Å²) in [7, 11) is 0. The van der Waals surface area contributed by atoms with Gasteiger partial charge in [-0.05, 0) is 37.6 Å². The molecule has 1 fully saturated rings. The smallest absolute Gasteiger partial charge is 0.131 e. The average molecular weight is 178 g/mol. The molecule has 0 saturated carbocycles. The fraction of sp³-hybridized carbons (Fsp3) is 0.455. The largest absolute Gasteiger partial charge is 0.299 e. The van der Waals surface area contributed by atoms with E-state index in [9.17, 15) is 4.39 Å². The van der Waals surface area contributed by atoms with Gasteiger partial charge in [-0.15, -0.1) is 0 Å². The second-order valence-corrected chi connectivity index (χ2v) is 3.51. The Morgan fingerprint density at radius 3 is 2.77 bits per heavy atom. The van der Waals surface area contributed by atoms with Crippen molar-refractivity contribution in [3.8, 4) is 0 Å². The minimum absolute atomic E-state index is 0.253. The second kappa shape index (κ2) is 3.88. The minimum Gasteiger partial charge on any atom is -0.299 e. The van der Waals surface area contributed by atoms with Gasteiger partial charge in [-0.3, -0.25) is 4.90 Å². The Balaban J connectivity index is 2.00. The van der Waals surface area contributed by atoms with Crippen LogP contribution in [0, 0.1) is 11.9 Å². The standard InChI is InChI=1S/C11H13FN/c12-11-5-3-4-10(8-11)9-13-6-1-2-7-13/h3-5H,1-2,6-7,9H2. The topological polar surface area (TPSA) is 3.24 Å². The maximum Gasteiger partial charge on any atom is 0.131 e. The molecule has 1 aliphatic rings. The van der Waals surface area contributed by atoms with E-state index in [1.54, 1.807) is 6.07 Å². The predicted octanol–water partition coefficient (Wildman–Crippen LogP) is 2.22. The molecule has 1 saturated heterocycles. The van der Waals surface area contributed by atoms with Crippen molar-refractivity contribution in [2.45, 2.75) is 19.4 Å². The van der Waals surface area contributed by atoms with Gasteiger partial charge in [-0.1, -0.05) is 12.1 Å². The summed E-state index contributed by atoms with van der Waals surface area (Å²) in [5.41, 5.74) is 0.960. The summed E-state index contributed by atoms with van der Waals surface area (Å²) >= 11 is 0. The molecule has 0 N–H and O–H groups in total. The molecule has 0 atom stereocenters. The molecule has 69 valence electrons. The van der Waals surface area contributed by atoms with Crippen molar-refractivity contribution in [3.63, 3.8) is 0 Å². The molecule has 0 unspecified atom stereocenters. The zero-order chi connectivity index (χ0) is 9.10. The lowest BCUT2D eigenvalue weighted by atomic mass is 10.2. The molecule has 0 aliphatic carbocycles. The maximum atomic E-state index is 12.8. The van der Waals surface area contributed by atoms with Gasteiger partial charge in [0.2, 0.25) is 0 Å². The molecule has 13 heavy (non-hydrogen) atoms. The van der Waals surface area contributed by atoms with Crippen molar-refractivity contribution in [1.82, 2.24) is 4.90 Å². The monoisotopic (exact) mass is 178 g/mol. The van der Waals surface area contributed by atoms with Crippen LogP contribution >= 0.6 is 0 Å². The first-order valence-corrected chi connectivity index (χ1v) is 4.74. The molecule has 1 aliphatic heterocycles. The average Bonchev–Trinajstić information content (AvgIpc) is 2.57. The van der Waals surface area contributed by atoms with Crippen molar-refractivity contribution < 1.29 is 4.39 Å². The Kier molecular flexibility index (Phi) is 2.60. The van der Waals surface area contributed by atoms with Crippen LogP contribution in [-0.2, 0) is 6.54 Å². The van der Waals surface area contributed by atoms with Gasteiger partial charge < -0.3 is 0 Å². The van der Waals surface area contributed by atoms with E-state index in [1.165, 1.54) is 18.9 Å². The SMILES string of the molecule is Fc1[c]c(CN2CCCC2)ccc1. The van der Waals surface area contributed by atoms with Crippen LogP contribution in [0.1, 0.15) is 18.4 Å². The van der Waals surface area contributed by atoms with Crippen LogP contribution in [0.5, 0.6) is 0 Å². The quantitative estimate of drug-likeness (QED) is 0.671. The summed E-state index contributed by atoms with van der Waals surface area (Å²) < 4.78 is 12.8. The lowest BCUT2D eigenvalue weighted by molar-refractivity contribution is 0.330. The van der Waals surface area contributed by atoms with E-state index in [4.69, 9.17) is 0 Å². The molecule has 1 radical (unpaired) electrons. The van der Waals surface area contributed by atoms with E-state index >= 15 is 0 Å². The highest BCUT2D eigenvalue weighted by Gasteiger charge is 2.11. The third kappa shape index (κ3) is 2.28. The number of halogens is 1.